The Kier molecular flexibility index (Phi) is 5.30. The summed E-state index contributed by atoms with van der Waals surface area (Å²) in [5.74, 6) is 0.689. The molecule has 106 valence electrons. The van der Waals surface area contributed by atoms with Crippen molar-refractivity contribution in [1.29, 1.82) is 0 Å². The van der Waals surface area contributed by atoms with E-state index >= 15 is 0 Å². The Bertz CT molecular complexity index is 586. The molecule has 0 unspecified atom stereocenters. The summed E-state index contributed by atoms with van der Waals surface area (Å²) in [6.07, 6.45) is 0. The van der Waals surface area contributed by atoms with E-state index in [-0.39, 0.29) is 6.04 Å². The third-order valence-corrected chi connectivity index (χ3v) is 3.84. The quantitative estimate of drug-likeness (QED) is 0.852. The first kappa shape index (κ1) is 15.2. The number of benzene rings is 2. The minimum atomic E-state index is 0.171. The van der Waals surface area contributed by atoms with Gasteiger partial charge < -0.3 is 10.1 Å². The summed E-state index contributed by atoms with van der Waals surface area (Å²) >= 11 is 12.3. The van der Waals surface area contributed by atoms with Gasteiger partial charge in [0.15, 0.2) is 0 Å². The summed E-state index contributed by atoms with van der Waals surface area (Å²) in [5.41, 5.74) is 2.20. The van der Waals surface area contributed by atoms with Gasteiger partial charge in [0.25, 0.3) is 0 Å². The van der Waals surface area contributed by atoms with Crippen LogP contribution >= 0.6 is 23.2 Å². The summed E-state index contributed by atoms with van der Waals surface area (Å²) in [6, 6.07) is 13.8. The van der Waals surface area contributed by atoms with E-state index in [1.807, 2.05) is 42.5 Å². The number of halogens is 2. The van der Waals surface area contributed by atoms with Crippen LogP contribution in [-0.4, -0.2) is 7.11 Å². The Morgan fingerprint density at radius 1 is 1.10 bits per heavy atom. The van der Waals surface area contributed by atoms with Crippen molar-refractivity contribution in [1.82, 2.24) is 5.32 Å². The highest BCUT2D eigenvalue weighted by atomic mass is 35.5. The van der Waals surface area contributed by atoms with Crippen molar-refractivity contribution in [3.05, 3.63) is 63.6 Å². The zero-order valence-electron chi connectivity index (χ0n) is 11.5. The van der Waals surface area contributed by atoms with Crippen LogP contribution in [-0.2, 0) is 6.54 Å². The molecule has 1 N–H and O–H groups in total. The standard InChI is InChI=1S/C16H17Cl2NO/c1-11(13-5-3-4-6-14(13)17)19-10-12-7-8-16(20-2)15(18)9-12/h3-9,11,19H,10H2,1-2H3/t11-/m0/s1. The zero-order chi connectivity index (χ0) is 14.5. The van der Waals surface area contributed by atoms with Gasteiger partial charge in [0.2, 0.25) is 0 Å². The second-order valence-corrected chi connectivity index (χ2v) is 5.41. The smallest absolute Gasteiger partial charge is 0.137 e. The maximum atomic E-state index is 6.19. The van der Waals surface area contributed by atoms with Gasteiger partial charge in [0.1, 0.15) is 5.75 Å². The monoisotopic (exact) mass is 309 g/mol. The Morgan fingerprint density at radius 2 is 1.85 bits per heavy atom. The summed E-state index contributed by atoms with van der Waals surface area (Å²) in [4.78, 5) is 0. The van der Waals surface area contributed by atoms with Gasteiger partial charge in [-0.2, -0.15) is 0 Å². The molecule has 2 rings (SSSR count). The summed E-state index contributed by atoms with van der Waals surface area (Å²) in [7, 11) is 1.61. The molecule has 0 saturated carbocycles. The molecule has 2 aromatic carbocycles. The Morgan fingerprint density at radius 3 is 2.50 bits per heavy atom. The predicted octanol–water partition coefficient (Wildman–Crippen LogP) is 4.85. The zero-order valence-corrected chi connectivity index (χ0v) is 13.0. The molecule has 0 amide bonds. The first-order chi connectivity index (χ1) is 9.61. The first-order valence-electron chi connectivity index (χ1n) is 6.42. The molecule has 0 spiro atoms. The van der Waals surface area contributed by atoms with Gasteiger partial charge in [0, 0.05) is 17.6 Å². The van der Waals surface area contributed by atoms with Crippen LogP contribution in [0.5, 0.6) is 5.75 Å². The molecular formula is C16H17Cl2NO. The molecule has 0 bridgehead atoms. The average molecular weight is 310 g/mol. The van der Waals surface area contributed by atoms with Gasteiger partial charge in [0.05, 0.1) is 12.1 Å². The van der Waals surface area contributed by atoms with Crippen LogP contribution in [0.4, 0.5) is 0 Å². The van der Waals surface area contributed by atoms with E-state index < -0.39 is 0 Å². The van der Waals surface area contributed by atoms with E-state index in [0.717, 1.165) is 22.7 Å². The molecule has 0 fully saturated rings. The van der Waals surface area contributed by atoms with Gasteiger partial charge in [-0.25, -0.2) is 0 Å². The molecule has 0 aliphatic rings. The molecule has 1 atom stereocenters. The molecule has 20 heavy (non-hydrogen) atoms. The lowest BCUT2D eigenvalue weighted by molar-refractivity contribution is 0.414. The van der Waals surface area contributed by atoms with Crippen molar-refractivity contribution in [2.24, 2.45) is 0 Å². The van der Waals surface area contributed by atoms with Crippen LogP contribution in [0.15, 0.2) is 42.5 Å². The molecular weight excluding hydrogens is 293 g/mol. The van der Waals surface area contributed by atoms with Gasteiger partial charge >= 0.3 is 0 Å². The van der Waals surface area contributed by atoms with E-state index in [2.05, 4.69) is 12.2 Å². The maximum absolute atomic E-state index is 6.19. The molecule has 0 aliphatic heterocycles. The number of hydrogen-bond donors (Lipinski definition) is 1. The highest BCUT2D eigenvalue weighted by Crippen LogP contribution is 2.26. The van der Waals surface area contributed by atoms with Crippen molar-refractivity contribution in [3.63, 3.8) is 0 Å². The second-order valence-electron chi connectivity index (χ2n) is 4.59. The average Bonchev–Trinajstić information content (AvgIpc) is 2.45. The Labute approximate surface area is 129 Å². The minimum Gasteiger partial charge on any atom is -0.495 e. The van der Waals surface area contributed by atoms with Crippen molar-refractivity contribution in [3.8, 4) is 5.75 Å². The van der Waals surface area contributed by atoms with Gasteiger partial charge in [-0.05, 0) is 36.2 Å². The molecule has 0 aromatic heterocycles. The molecule has 0 heterocycles. The summed E-state index contributed by atoms with van der Waals surface area (Å²) in [5, 5.41) is 4.84. The normalized spacial score (nSPS) is 12.2. The van der Waals surface area contributed by atoms with Crippen LogP contribution in [0, 0.1) is 0 Å². The SMILES string of the molecule is COc1ccc(CN[C@@H](C)c2ccccc2Cl)cc1Cl. The summed E-state index contributed by atoms with van der Waals surface area (Å²) < 4.78 is 5.14. The maximum Gasteiger partial charge on any atom is 0.137 e. The van der Waals surface area contributed by atoms with Crippen LogP contribution in [0.25, 0.3) is 0 Å². The largest absolute Gasteiger partial charge is 0.495 e. The van der Waals surface area contributed by atoms with Crippen molar-refractivity contribution in [2.45, 2.75) is 19.5 Å². The summed E-state index contributed by atoms with van der Waals surface area (Å²) in [6.45, 7) is 2.81. The Hall–Kier alpha value is -1.22. The minimum absolute atomic E-state index is 0.171. The number of methoxy groups -OCH3 is 1. The highest BCUT2D eigenvalue weighted by molar-refractivity contribution is 6.32. The van der Waals surface area contributed by atoms with Crippen LogP contribution in [0.1, 0.15) is 24.1 Å². The van der Waals surface area contributed by atoms with E-state index in [9.17, 15) is 0 Å². The number of rotatable bonds is 5. The van der Waals surface area contributed by atoms with E-state index in [1.165, 1.54) is 0 Å². The molecule has 0 radical (unpaired) electrons. The van der Waals surface area contributed by atoms with Crippen LogP contribution in [0.3, 0.4) is 0 Å². The third-order valence-electron chi connectivity index (χ3n) is 3.20. The first-order valence-corrected chi connectivity index (χ1v) is 7.17. The predicted molar refractivity (Wildman–Crippen MR) is 84.7 cm³/mol. The fourth-order valence-corrected chi connectivity index (χ4v) is 2.61. The van der Waals surface area contributed by atoms with Crippen molar-refractivity contribution in [2.75, 3.05) is 7.11 Å². The molecule has 2 aromatic rings. The molecule has 0 aliphatic carbocycles. The number of nitrogens with one attached hydrogen (secondary N) is 1. The van der Waals surface area contributed by atoms with Gasteiger partial charge in [-0.15, -0.1) is 0 Å². The van der Waals surface area contributed by atoms with Gasteiger partial charge in [-0.1, -0.05) is 47.5 Å². The van der Waals surface area contributed by atoms with E-state index in [0.29, 0.717) is 10.8 Å². The fourth-order valence-electron chi connectivity index (χ4n) is 2.03. The number of hydrogen-bond acceptors (Lipinski definition) is 2. The van der Waals surface area contributed by atoms with E-state index in [1.54, 1.807) is 7.11 Å². The van der Waals surface area contributed by atoms with Crippen LogP contribution in [0.2, 0.25) is 10.0 Å². The highest BCUT2D eigenvalue weighted by Gasteiger charge is 2.09. The fraction of sp³-hybridized carbons (Fsp3) is 0.250. The molecule has 4 heteroatoms. The van der Waals surface area contributed by atoms with Crippen molar-refractivity contribution >= 4 is 23.2 Å². The van der Waals surface area contributed by atoms with Gasteiger partial charge in [-0.3, -0.25) is 0 Å². The third kappa shape index (κ3) is 3.66. The van der Waals surface area contributed by atoms with E-state index in [4.69, 9.17) is 27.9 Å². The topological polar surface area (TPSA) is 21.3 Å². The van der Waals surface area contributed by atoms with Crippen molar-refractivity contribution < 1.29 is 4.74 Å². The lowest BCUT2D eigenvalue weighted by Crippen LogP contribution is -2.18. The number of ether oxygens (including phenoxy) is 1. The Balaban J connectivity index is 2.02. The second kappa shape index (κ2) is 6.98. The molecule has 0 saturated heterocycles. The molecule has 2 nitrogen and oxygen atoms in total. The lowest BCUT2D eigenvalue weighted by atomic mass is 10.1. The lowest BCUT2D eigenvalue weighted by Gasteiger charge is -2.16. The van der Waals surface area contributed by atoms with Crippen LogP contribution < -0.4 is 10.1 Å².